The van der Waals surface area contributed by atoms with Crippen LogP contribution in [0.15, 0.2) is 0 Å². The van der Waals surface area contributed by atoms with Gasteiger partial charge in [0.1, 0.15) is 0 Å². The fourth-order valence-electron chi connectivity index (χ4n) is 2.15. The lowest BCUT2D eigenvalue weighted by atomic mass is 9.93. The number of nitrogens with zero attached hydrogens (tertiary/aromatic N) is 2. The van der Waals surface area contributed by atoms with Crippen molar-refractivity contribution in [3.8, 4) is 0 Å². The molecular formula is C12H26ClN3O3S. The SMILES string of the molecule is CN(CC(C)(C)CN)C(=O)CCN1CCCS1(=O)=O.Cl. The van der Waals surface area contributed by atoms with Crippen molar-refractivity contribution in [3.05, 3.63) is 0 Å². The summed E-state index contributed by atoms with van der Waals surface area (Å²) in [7, 11) is -1.37. The molecule has 0 aromatic heterocycles. The zero-order chi connectivity index (χ0) is 14.7. The van der Waals surface area contributed by atoms with Crippen LogP contribution in [0.25, 0.3) is 0 Å². The summed E-state index contributed by atoms with van der Waals surface area (Å²) in [4.78, 5) is 13.6. The molecule has 0 aliphatic carbocycles. The van der Waals surface area contributed by atoms with E-state index in [1.165, 1.54) is 4.31 Å². The second-order valence-electron chi connectivity index (χ2n) is 5.94. The van der Waals surface area contributed by atoms with Gasteiger partial charge >= 0.3 is 0 Å². The molecule has 0 aromatic rings. The summed E-state index contributed by atoms with van der Waals surface area (Å²) in [5.41, 5.74) is 5.52. The van der Waals surface area contributed by atoms with E-state index in [0.717, 1.165) is 0 Å². The Bertz CT molecular complexity index is 426. The summed E-state index contributed by atoms with van der Waals surface area (Å²) in [6, 6.07) is 0. The van der Waals surface area contributed by atoms with Gasteiger partial charge in [-0.25, -0.2) is 12.7 Å². The number of halogens is 1. The lowest BCUT2D eigenvalue weighted by Gasteiger charge is -2.29. The molecule has 1 aliphatic heterocycles. The summed E-state index contributed by atoms with van der Waals surface area (Å²) < 4.78 is 24.6. The van der Waals surface area contributed by atoms with Crippen molar-refractivity contribution >= 4 is 28.3 Å². The van der Waals surface area contributed by atoms with Gasteiger partial charge in [0.15, 0.2) is 0 Å². The van der Waals surface area contributed by atoms with Crippen LogP contribution in [0.2, 0.25) is 0 Å². The lowest BCUT2D eigenvalue weighted by Crippen LogP contribution is -2.41. The molecule has 6 nitrogen and oxygen atoms in total. The Morgan fingerprint density at radius 3 is 2.45 bits per heavy atom. The van der Waals surface area contributed by atoms with E-state index in [-0.39, 0.29) is 42.4 Å². The Morgan fingerprint density at radius 2 is 2.00 bits per heavy atom. The third-order valence-electron chi connectivity index (χ3n) is 3.42. The van der Waals surface area contributed by atoms with Gasteiger partial charge in [-0.3, -0.25) is 4.79 Å². The van der Waals surface area contributed by atoms with E-state index in [1.54, 1.807) is 11.9 Å². The monoisotopic (exact) mass is 327 g/mol. The second kappa shape index (κ2) is 7.59. The molecule has 0 radical (unpaired) electrons. The maximum Gasteiger partial charge on any atom is 0.223 e. The zero-order valence-electron chi connectivity index (χ0n) is 12.5. The Hall–Kier alpha value is -0.370. The van der Waals surface area contributed by atoms with E-state index in [0.29, 0.717) is 26.1 Å². The van der Waals surface area contributed by atoms with Crippen LogP contribution in [-0.2, 0) is 14.8 Å². The number of amides is 1. The quantitative estimate of drug-likeness (QED) is 0.759. The van der Waals surface area contributed by atoms with Gasteiger partial charge in [-0.15, -0.1) is 12.4 Å². The fraction of sp³-hybridized carbons (Fsp3) is 0.917. The molecule has 2 N–H and O–H groups in total. The molecule has 0 saturated carbocycles. The van der Waals surface area contributed by atoms with Gasteiger partial charge in [-0.2, -0.15) is 0 Å². The Labute approximate surface area is 128 Å². The minimum atomic E-state index is -3.11. The van der Waals surface area contributed by atoms with Crippen LogP contribution in [0, 0.1) is 5.41 Å². The highest BCUT2D eigenvalue weighted by atomic mass is 35.5. The molecule has 8 heteroatoms. The maximum absolute atomic E-state index is 12.0. The zero-order valence-corrected chi connectivity index (χ0v) is 14.1. The molecular weight excluding hydrogens is 302 g/mol. The van der Waals surface area contributed by atoms with Crippen LogP contribution in [0.3, 0.4) is 0 Å². The average Bonchev–Trinajstić information content (AvgIpc) is 2.64. The maximum atomic E-state index is 12.0. The third-order valence-corrected chi connectivity index (χ3v) is 5.38. The van der Waals surface area contributed by atoms with Crippen LogP contribution in [0.5, 0.6) is 0 Å². The predicted octanol–water partition coefficient (Wildman–Crippen LogP) is 0.277. The van der Waals surface area contributed by atoms with Crippen molar-refractivity contribution in [2.75, 3.05) is 39.0 Å². The molecule has 1 fully saturated rings. The topological polar surface area (TPSA) is 83.7 Å². The Balaban J connectivity index is 0.00000361. The van der Waals surface area contributed by atoms with Crippen LogP contribution >= 0.6 is 12.4 Å². The summed E-state index contributed by atoms with van der Waals surface area (Å²) >= 11 is 0. The molecule has 20 heavy (non-hydrogen) atoms. The van der Waals surface area contributed by atoms with Crippen molar-refractivity contribution in [3.63, 3.8) is 0 Å². The molecule has 0 unspecified atom stereocenters. The fourth-order valence-corrected chi connectivity index (χ4v) is 3.68. The Morgan fingerprint density at radius 1 is 1.40 bits per heavy atom. The first-order valence-electron chi connectivity index (χ1n) is 6.60. The molecule has 0 atom stereocenters. The van der Waals surface area contributed by atoms with Gasteiger partial charge in [-0.05, 0) is 18.4 Å². The third kappa shape index (κ3) is 5.55. The predicted molar refractivity (Wildman–Crippen MR) is 82.3 cm³/mol. The van der Waals surface area contributed by atoms with E-state index in [2.05, 4.69) is 0 Å². The van der Waals surface area contributed by atoms with Gasteiger partial charge < -0.3 is 10.6 Å². The second-order valence-corrected chi connectivity index (χ2v) is 8.03. The van der Waals surface area contributed by atoms with Crippen LogP contribution < -0.4 is 5.73 Å². The van der Waals surface area contributed by atoms with Gasteiger partial charge in [0.05, 0.1) is 5.75 Å². The van der Waals surface area contributed by atoms with Gasteiger partial charge in [0.2, 0.25) is 15.9 Å². The standard InChI is InChI=1S/C12H25N3O3S.ClH/c1-12(2,9-13)10-14(3)11(16)5-7-15-6-4-8-19(15,17)18;/h4-10,13H2,1-3H3;1H. The summed E-state index contributed by atoms with van der Waals surface area (Å²) in [6.45, 7) is 5.91. The van der Waals surface area contributed by atoms with Crippen molar-refractivity contribution in [2.24, 2.45) is 11.1 Å². The van der Waals surface area contributed by atoms with Crippen molar-refractivity contribution in [1.82, 2.24) is 9.21 Å². The average molecular weight is 328 g/mol. The minimum Gasteiger partial charge on any atom is -0.345 e. The molecule has 1 amide bonds. The molecule has 1 aliphatic rings. The smallest absolute Gasteiger partial charge is 0.223 e. The van der Waals surface area contributed by atoms with Crippen LogP contribution in [0.1, 0.15) is 26.7 Å². The van der Waals surface area contributed by atoms with Crippen molar-refractivity contribution in [1.29, 1.82) is 0 Å². The summed E-state index contributed by atoms with van der Waals surface area (Å²) in [5, 5.41) is 0. The van der Waals surface area contributed by atoms with E-state index in [1.807, 2.05) is 13.8 Å². The molecule has 1 heterocycles. The van der Waals surface area contributed by atoms with E-state index >= 15 is 0 Å². The molecule has 0 spiro atoms. The van der Waals surface area contributed by atoms with Gasteiger partial charge in [0.25, 0.3) is 0 Å². The first-order valence-corrected chi connectivity index (χ1v) is 8.21. The van der Waals surface area contributed by atoms with Crippen molar-refractivity contribution in [2.45, 2.75) is 26.7 Å². The Kier molecular flexibility index (Phi) is 7.44. The highest BCUT2D eigenvalue weighted by molar-refractivity contribution is 7.89. The molecule has 0 bridgehead atoms. The minimum absolute atomic E-state index is 0. The first kappa shape index (κ1) is 19.6. The number of hydrogen-bond donors (Lipinski definition) is 1. The number of sulfonamides is 1. The molecule has 1 saturated heterocycles. The van der Waals surface area contributed by atoms with Crippen molar-refractivity contribution < 1.29 is 13.2 Å². The van der Waals surface area contributed by atoms with Crippen LogP contribution in [0.4, 0.5) is 0 Å². The van der Waals surface area contributed by atoms with E-state index in [9.17, 15) is 13.2 Å². The number of rotatable bonds is 6. The molecule has 1 rings (SSSR count). The highest BCUT2D eigenvalue weighted by Gasteiger charge is 2.29. The highest BCUT2D eigenvalue weighted by Crippen LogP contribution is 2.16. The number of nitrogens with two attached hydrogens (primary N) is 1. The van der Waals surface area contributed by atoms with Gasteiger partial charge in [-0.1, -0.05) is 13.8 Å². The van der Waals surface area contributed by atoms with E-state index in [4.69, 9.17) is 5.73 Å². The first-order chi connectivity index (χ1) is 8.68. The lowest BCUT2D eigenvalue weighted by molar-refractivity contribution is -0.131. The number of carbonyl (C=O) groups excluding carboxylic acids is 1. The van der Waals surface area contributed by atoms with Gasteiger partial charge in [0, 0.05) is 33.1 Å². The van der Waals surface area contributed by atoms with Crippen LogP contribution in [-0.4, -0.2) is 62.5 Å². The molecule has 0 aromatic carbocycles. The number of hydrogen-bond acceptors (Lipinski definition) is 4. The number of carbonyl (C=O) groups is 1. The largest absolute Gasteiger partial charge is 0.345 e. The summed E-state index contributed by atoms with van der Waals surface area (Å²) in [5.74, 6) is 0.167. The molecule has 120 valence electrons. The van der Waals surface area contributed by atoms with E-state index < -0.39 is 10.0 Å². The summed E-state index contributed by atoms with van der Waals surface area (Å²) in [6.07, 6.45) is 0.892. The normalized spacial score (nSPS) is 18.6.